The fourth-order valence-electron chi connectivity index (χ4n) is 3.17. The summed E-state index contributed by atoms with van der Waals surface area (Å²) in [5.41, 5.74) is 1.82. The van der Waals surface area contributed by atoms with Crippen molar-refractivity contribution in [3.05, 3.63) is 70.4 Å². The summed E-state index contributed by atoms with van der Waals surface area (Å²) in [4.78, 5) is 28.0. The molecule has 0 spiro atoms. The van der Waals surface area contributed by atoms with Gasteiger partial charge < -0.3 is 19.7 Å². The van der Waals surface area contributed by atoms with E-state index in [-0.39, 0.29) is 11.8 Å². The number of benzene rings is 2. The third-order valence-electron chi connectivity index (χ3n) is 4.69. The van der Waals surface area contributed by atoms with Crippen LogP contribution in [0.1, 0.15) is 28.6 Å². The summed E-state index contributed by atoms with van der Waals surface area (Å²) in [5.74, 6) is 1.05. The first-order chi connectivity index (χ1) is 14.6. The Balaban J connectivity index is 1.67. The molecule has 7 heteroatoms. The number of nitrogens with one attached hydrogen (secondary N) is 1. The van der Waals surface area contributed by atoms with E-state index in [0.717, 1.165) is 10.6 Å². The Morgan fingerprint density at radius 2 is 1.87 bits per heavy atom. The molecule has 0 atom stereocenters. The molecule has 0 unspecified atom stereocenters. The summed E-state index contributed by atoms with van der Waals surface area (Å²) in [5, 5.41) is 4.80. The molecule has 2 aromatic carbocycles. The van der Waals surface area contributed by atoms with Crippen LogP contribution in [-0.2, 0) is 11.3 Å². The fourth-order valence-corrected chi connectivity index (χ4v) is 3.87. The van der Waals surface area contributed by atoms with Crippen molar-refractivity contribution in [1.82, 2.24) is 0 Å². The Hall–Kier alpha value is -3.32. The second-order valence-electron chi connectivity index (χ2n) is 6.78. The van der Waals surface area contributed by atoms with Crippen LogP contribution >= 0.6 is 11.3 Å². The number of carbonyl (C=O) groups excluding carboxylic acids is 2. The molecule has 1 aliphatic rings. The lowest BCUT2D eigenvalue weighted by Gasteiger charge is -2.25. The monoisotopic (exact) mass is 422 g/mol. The third-order valence-corrected chi connectivity index (χ3v) is 5.55. The molecule has 1 aliphatic heterocycles. The van der Waals surface area contributed by atoms with Gasteiger partial charge in [-0.2, -0.15) is 0 Å². The van der Waals surface area contributed by atoms with Crippen LogP contribution in [0.4, 0.5) is 11.4 Å². The predicted octanol–water partition coefficient (Wildman–Crippen LogP) is 4.71. The van der Waals surface area contributed by atoms with E-state index in [2.05, 4.69) is 5.32 Å². The van der Waals surface area contributed by atoms with Crippen LogP contribution in [0.5, 0.6) is 11.5 Å². The van der Waals surface area contributed by atoms with E-state index in [1.54, 1.807) is 47.4 Å². The van der Waals surface area contributed by atoms with Crippen LogP contribution in [0, 0.1) is 0 Å². The molecule has 4 rings (SSSR count). The molecule has 0 saturated carbocycles. The first-order valence-corrected chi connectivity index (χ1v) is 10.7. The van der Waals surface area contributed by atoms with Crippen molar-refractivity contribution in [2.24, 2.45) is 0 Å². The average Bonchev–Trinajstić information content (AvgIpc) is 3.30. The zero-order valence-corrected chi connectivity index (χ0v) is 17.4. The zero-order valence-electron chi connectivity index (χ0n) is 16.6. The van der Waals surface area contributed by atoms with Crippen LogP contribution in [-0.4, -0.2) is 25.0 Å². The molecule has 0 saturated heterocycles. The quantitative estimate of drug-likeness (QED) is 0.624. The highest BCUT2D eigenvalue weighted by Crippen LogP contribution is 2.35. The van der Waals surface area contributed by atoms with Gasteiger partial charge in [-0.25, -0.2) is 0 Å². The van der Waals surface area contributed by atoms with Gasteiger partial charge in [0.15, 0.2) is 11.5 Å². The van der Waals surface area contributed by atoms with Gasteiger partial charge in [0.1, 0.15) is 13.2 Å². The summed E-state index contributed by atoms with van der Waals surface area (Å²) in [7, 11) is 0. The maximum Gasteiger partial charge on any atom is 0.258 e. The maximum absolute atomic E-state index is 13.5. The molecule has 2 amide bonds. The molecule has 0 aliphatic carbocycles. The molecule has 1 aromatic heterocycles. The van der Waals surface area contributed by atoms with Gasteiger partial charge in [0.05, 0.1) is 6.54 Å². The molecular formula is C23H22N2O4S. The van der Waals surface area contributed by atoms with E-state index >= 15 is 0 Å². The SMILES string of the molecule is CCC(=O)Nc1cccc(C(=O)N(Cc2cccs2)c2ccc3c(c2)OCCO3)c1. The van der Waals surface area contributed by atoms with Crippen molar-refractivity contribution in [2.75, 3.05) is 23.4 Å². The second-order valence-corrected chi connectivity index (χ2v) is 7.81. The molecule has 0 radical (unpaired) electrons. The Kier molecular flexibility index (Phi) is 5.99. The predicted molar refractivity (Wildman–Crippen MR) is 118 cm³/mol. The average molecular weight is 423 g/mol. The van der Waals surface area contributed by atoms with Crippen molar-refractivity contribution in [2.45, 2.75) is 19.9 Å². The van der Waals surface area contributed by atoms with Gasteiger partial charge in [-0.15, -0.1) is 11.3 Å². The molecule has 0 bridgehead atoms. The van der Waals surface area contributed by atoms with E-state index in [9.17, 15) is 9.59 Å². The first kappa shape index (κ1) is 20.0. The van der Waals surface area contributed by atoms with Gasteiger partial charge in [0.2, 0.25) is 5.91 Å². The van der Waals surface area contributed by atoms with Crippen molar-refractivity contribution in [3.63, 3.8) is 0 Å². The number of nitrogens with zero attached hydrogens (tertiary/aromatic N) is 1. The topological polar surface area (TPSA) is 67.9 Å². The molecule has 0 fully saturated rings. The smallest absolute Gasteiger partial charge is 0.258 e. The molecule has 3 aromatic rings. The highest BCUT2D eigenvalue weighted by atomic mass is 32.1. The van der Waals surface area contributed by atoms with E-state index in [0.29, 0.717) is 48.9 Å². The summed E-state index contributed by atoms with van der Waals surface area (Å²) in [6.07, 6.45) is 0.375. The van der Waals surface area contributed by atoms with Crippen LogP contribution in [0.15, 0.2) is 60.0 Å². The second kappa shape index (κ2) is 9.00. The van der Waals surface area contributed by atoms with Gasteiger partial charge >= 0.3 is 0 Å². The highest BCUT2D eigenvalue weighted by Gasteiger charge is 2.22. The zero-order chi connectivity index (χ0) is 20.9. The summed E-state index contributed by atoms with van der Waals surface area (Å²) in [6.45, 7) is 3.21. The van der Waals surface area contributed by atoms with Gasteiger partial charge in [-0.05, 0) is 41.8 Å². The highest BCUT2D eigenvalue weighted by molar-refractivity contribution is 7.09. The fraction of sp³-hybridized carbons (Fsp3) is 0.217. The number of fused-ring (bicyclic) bond motifs is 1. The van der Waals surface area contributed by atoms with Crippen LogP contribution in [0.25, 0.3) is 0 Å². The lowest BCUT2D eigenvalue weighted by atomic mass is 10.1. The Morgan fingerprint density at radius 3 is 2.63 bits per heavy atom. The summed E-state index contributed by atoms with van der Waals surface area (Å²) in [6, 6.07) is 16.5. The number of anilines is 2. The lowest BCUT2D eigenvalue weighted by molar-refractivity contribution is -0.115. The van der Waals surface area contributed by atoms with Crippen LogP contribution in [0.3, 0.4) is 0 Å². The number of amides is 2. The van der Waals surface area contributed by atoms with E-state index in [1.807, 2.05) is 35.7 Å². The molecule has 2 heterocycles. The minimum absolute atomic E-state index is 0.0955. The van der Waals surface area contributed by atoms with E-state index in [1.165, 1.54) is 0 Å². The Morgan fingerprint density at radius 1 is 1.03 bits per heavy atom. The standard InChI is InChI=1S/C23H22N2O4S/c1-2-22(26)24-17-6-3-5-16(13-17)23(27)25(15-19-7-4-12-30-19)18-8-9-20-21(14-18)29-11-10-28-20/h3-9,12-14H,2,10-11,15H2,1H3,(H,24,26). The van der Waals surface area contributed by atoms with Gasteiger partial charge in [0, 0.05) is 34.3 Å². The minimum atomic E-state index is -0.160. The van der Waals surface area contributed by atoms with Crippen LogP contribution in [0.2, 0.25) is 0 Å². The van der Waals surface area contributed by atoms with Crippen LogP contribution < -0.4 is 19.7 Å². The number of ether oxygens (including phenoxy) is 2. The molecule has 1 N–H and O–H groups in total. The lowest BCUT2D eigenvalue weighted by Crippen LogP contribution is -2.30. The minimum Gasteiger partial charge on any atom is -0.486 e. The first-order valence-electron chi connectivity index (χ1n) is 9.78. The van der Waals surface area contributed by atoms with Crippen molar-refractivity contribution >= 4 is 34.5 Å². The van der Waals surface area contributed by atoms with Gasteiger partial charge in [0.25, 0.3) is 5.91 Å². The van der Waals surface area contributed by atoms with Crippen molar-refractivity contribution in [1.29, 1.82) is 0 Å². The normalized spacial score (nSPS) is 12.3. The number of hydrogen-bond donors (Lipinski definition) is 1. The maximum atomic E-state index is 13.5. The van der Waals surface area contributed by atoms with Crippen molar-refractivity contribution < 1.29 is 19.1 Å². The summed E-state index contributed by atoms with van der Waals surface area (Å²) >= 11 is 1.60. The molecular weight excluding hydrogens is 400 g/mol. The number of carbonyl (C=O) groups is 2. The number of thiophene rings is 1. The molecule has 6 nitrogen and oxygen atoms in total. The Bertz CT molecular complexity index is 1050. The van der Waals surface area contributed by atoms with E-state index < -0.39 is 0 Å². The number of hydrogen-bond acceptors (Lipinski definition) is 5. The van der Waals surface area contributed by atoms with Gasteiger partial charge in [-0.1, -0.05) is 19.1 Å². The Labute approximate surface area is 179 Å². The van der Waals surface area contributed by atoms with Gasteiger partial charge in [-0.3, -0.25) is 9.59 Å². The largest absolute Gasteiger partial charge is 0.486 e. The summed E-state index contributed by atoms with van der Waals surface area (Å²) < 4.78 is 11.3. The third kappa shape index (κ3) is 4.46. The van der Waals surface area contributed by atoms with E-state index in [4.69, 9.17) is 9.47 Å². The molecule has 30 heavy (non-hydrogen) atoms. The van der Waals surface area contributed by atoms with Crippen molar-refractivity contribution in [3.8, 4) is 11.5 Å². The molecule has 154 valence electrons. The number of rotatable bonds is 6.